The molecular formula is C17H25KO3. The van der Waals surface area contributed by atoms with Crippen LogP contribution >= 0.6 is 0 Å². The van der Waals surface area contributed by atoms with E-state index in [9.17, 15) is 9.90 Å². The predicted molar refractivity (Wildman–Crippen MR) is 79.2 cm³/mol. The quantitative estimate of drug-likeness (QED) is 0.520. The summed E-state index contributed by atoms with van der Waals surface area (Å²) >= 11 is 0. The molecule has 0 saturated heterocycles. The first-order valence-corrected chi connectivity index (χ1v) is 7.68. The van der Waals surface area contributed by atoms with Gasteiger partial charge in [-0.05, 0) is 24.5 Å². The first-order chi connectivity index (χ1) is 9.65. The third-order valence-electron chi connectivity index (χ3n) is 3.61. The van der Waals surface area contributed by atoms with Gasteiger partial charge in [0.05, 0.1) is 5.56 Å². The molecule has 4 heteroatoms. The second-order valence-electron chi connectivity index (χ2n) is 5.35. The Bertz CT molecular complexity index is 418. The standard InChI is InChI=1S/C17H26O3.K/c1-2-3-4-5-6-7-8-9-10-14-13-15(18)11-12-16(14)17(19)20;/h11-13,18H,2-10H2,1H3,(H,19,20);/q;+1/p-1. The minimum absolute atomic E-state index is 0. The molecule has 3 nitrogen and oxygen atoms in total. The Morgan fingerprint density at radius 1 is 1.05 bits per heavy atom. The van der Waals surface area contributed by atoms with Crippen molar-refractivity contribution < 1.29 is 66.4 Å². The van der Waals surface area contributed by atoms with Crippen LogP contribution < -0.4 is 56.5 Å². The number of hydrogen-bond acceptors (Lipinski definition) is 2. The maximum atomic E-state index is 11.3. The Hall–Kier alpha value is 0.126. The van der Waals surface area contributed by atoms with Crippen LogP contribution in [-0.4, -0.2) is 11.1 Å². The Morgan fingerprint density at radius 2 is 1.62 bits per heavy atom. The molecule has 0 aromatic heterocycles. The summed E-state index contributed by atoms with van der Waals surface area (Å²) in [6.07, 6.45) is 10.4. The number of benzene rings is 1. The van der Waals surface area contributed by atoms with E-state index >= 15 is 0 Å². The summed E-state index contributed by atoms with van der Waals surface area (Å²) in [5.41, 5.74) is 0.948. The van der Waals surface area contributed by atoms with Crippen LogP contribution in [0.3, 0.4) is 0 Å². The van der Waals surface area contributed by atoms with Crippen molar-refractivity contribution in [1.82, 2.24) is 0 Å². The third kappa shape index (κ3) is 8.99. The summed E-state index contributed by atoms with van der Waals surface area (Å²) < 4.78 is 0. The van der Waals surface area contributed by atoms with Crippen molar-refractivity contribution in [3.8, 4) is 5.75 Å². The van der Waals surface area contributed by atoms with E-state index < -0.39 is 5.97 Å². The molecule has 1 N–H and O–H groups in total. The molecule has 1 aromatic carbocycles. The summed E-state index contributed by atoms with van der Waals surface area (Å²) in [6.45, 7) is 2.21. The van der Waals surface area contributed by atoms with E-state index in [1.165, 1.54) is 56.7 Å². The molecule has 0 heterocycles. The first kappa shape index (κ1) is 21.1. The number of carboxylic acid groups (broad SMARTS) is 1. The molecule has 0 unspecified atom stereocenters. The van der Waals surface area contributed by atoms with Crippen LogP contribution in [0.4, 0.5) is 0 Å². The first-order valence-electron chi connectivity index (χ1n) is 7.68. The number of aryl methyl sites for hydroxylation is 1. The molecule has 1 aromatic rings. The molecule has 0 amide bonds. The second kappa shape index (κ2) is 12.6. The molecule has 112 valence electrons. The average molecular weight is 316 g/mol. The molecule has 0 atom stereocenters. The Morgan fingerprint density at radius 3 is 2.19 bits per heavy atom. The van der Waals surface area contributed by atoms with Gasteiger partial charge in [0.1, 0.15) is 0 Å². The van der Waals surface area contributed by atoms with Crippen molar-refractivity contribution in [1.29, 1.82) is 0 Å². The zero-order valence-electron chi connectivity index (χ0n) is 13.4. The van der Waals surface area contributed by atoms with Gasteiger partial charge in [0.15, 0.2) is 0 Å². The van der Waals surface area contributed by atoms with Gasteiger partial charge in [0, 0.05) is 0 Å². The van der Waals surface area contributed by atoms with Crippen molar-refractivity contribution in [3.05, 3.63) is 29.3 Å². The van der Waals surface area contributed by atoms with Crippen molar-refractivity contribution in [2.45, 2.75) is 64.7 Å². The van der Waals surface area contributed by atoms with E-state index in [2.05, 4.69) is 6.92 Å². The fourth-order valence-corrected chi connectivity index (χ4v) is 2.43. The summed E-state index contributed by atoms with van der Waals surface area (Å²) in [5, 5.41) is 20.4. The monoisotopic (exact) mass is 316 g/mol. The van der Waals surface area contributed by atoms with Gasteiger partial charge in [-0.3, -0.25) is 0 Å². The maximum Gasteiger partial charge on any atom is 1.00 e. The van der Waals surface area contributed by atoms with Crippen LogP contribution in [0.2, 0.25) is 0 Å². The predicted octanol–water partition coefficient (Wildman–Crippen LogP) is 1.15. The van der Waals surface area contributed by atoms with Crippen LogP contribution in [0.5, 0.6) is 5.75 Å². The Kier molecular flexibility index (Phi) is 12.7. The van der Waals surface area contributed by atoms with E-state index in [0.717, 1.165) is 12.8 Å². The van der Waals surface area contributed by atoms with Gasteiger partial charge >= 0.3 is 57.4 Å². The second-order valence-corrected chi connectivity index (χ2v) is 5.35. The van der Waals surface area contributed by atoms with Crippen molar-refractivity contribution in [2.75, 3.05) is 0 Å². The number of hydrogen-bond donors (Lipinski definition) is 1. The van der Waals surface area contributed by atoms with Gasteiger partial charge in [-0.15, -0.1) is 5.75 Å². The van der Waals surface area contributed by atoms with E-state index in [4.69, 9.17) is 5.11 Å². The van der Waals surface area contributed by atoms with Crippen LogP contribution in [0.15, 0.2) is 18.2 Å². The summed E-state index contributed by atoms with van der Waals surface area (Å²) in [5.74, 6) is -1.05. The van der Waals surface area contributed by atoms with Gasteiger partial charge in [-0.25, -0.2) is 4.79 Å². The zero-order valence-corrected chi connectivity index (χ0v) is 16.5. The van der Waals surface area contributed by atoms with Crippen LogP contribution in [-0.2, 0) is 6.42 Å². The van der Waals surface area contributed by atoms with Crippen molar-refractivity contribution in [3.63, 3.8) is 0 Å². The largest absolute Gasteiger partial charge is 1.00 e. The molecule has 0 aliphatic rings. The van der Waals surface area contributed by atoms with E-state index in [-0.39, 0.29) is 62.7 Å². The molecule has 0 aliphatic carbocycles. The number of aromatic carboxylic acids is 1. The Balaban J connectivity index is 0.00000400. The molecule has 0 spiro atoms. The van der Waals surface area contributed by atoms with Gasteiger partial charge in [0.25, 0.3) is 0 Å². The number of carboxylic acids is 1. The van der Waals surface area contributed by atoms with E-state index in [0.29, 0.717) is 12.0 Å². The molecular weight excluding hydrogens is 291 g/mol. The van der Waals surface area contributed by atoms with E-state index in [1.807, 2.05) is 0 Å². The van der Waals surface area contributed by atoms with Gasteiger partial charge in [-0.1, -0.05) is 64.0 Å². The fraction of sp³-hybridized carbons (Fsp3) is 0.588. The molecule has 1 rings (SSSR count). The van der Waals surface area contributed by atoms with E-state index in [1.54, 1.807) is 0 Å². The summed E-state index contributed by atoms with van der Waals surface area (Å²) in [4.78, 5) is 11.1. The van der Waals surface area contributed by atoms with Crippen LogP contribution in [0.1, 0.15) is 74.2 Å². The number of rotatable bonds is 10. The minimum Gasteiger partial charge on any atom is -0.872 e. The topological polar surface area (TPSA) is 60.4 Å². The molecule has 0 saturated carbocycles. The molecule has 0 fully saturated rings. The van der Waals surface area contributed by atoms with Crippen molar-refractivity contribution in [2.24, 2.45) is 0 Å². The van der Waals surface area contributed by atoms with Gasteiger partial charge < -0.3 is 10.2 Å². The van der Waals surface area contributed by atoms with Gasteiger partial charge in [-0.2, -0.15) is 0 Å². The number of carbonyl (C=O) groups is 1. The smallest absolute Gasteiger partial charge is 0.872 e. The van der Waals surface area contributed by atoms with Crippen LogP contribution in [0, 0.1) is 0 Å². The minimum atomic E-state index is -0.945. The zero-order chi connectivity index (χ0) is 14.8. The van der Waals surface area contributed by atoms with Crippen molar-refractivity contribution >= 4 is 5.97 Å². The Labute approximate surface area is 170 Å². The third-order valence-corrected chi connectivity index (χ3v) is 3.61. The maximum absolute atomic E-state index is 11.3. The normalized spacial score (nSPS) is 10.1. The summed E-state index contributed by atoms with van der Waals surface area (Å²) in [7, 11) is 0. The summed E-state index contributed by atoms with van der Waals surface area (Å²) in [6, 6.07) is 4.20. The molecule has 0 radical (unpaired) electrons. The average Bonchev–Trinajstić information content (AvgIpc) is 2.41. The molecule has 0 aliphatic heterocycles. The molecule has 21 heavy (non-hydrogen) atoms. The van der Waals surface area contributed by atoms with Crippen LogP contribution in [0.25, 0.3) is 0 Å². The SMILES string of the molecule is CCCCCCCCCCc1cc([O-])ccc1C(=O)O.[K+]. The van der Waals surface area contributed by atoms with Gasteiger partial charge in [0.2, 0.25) is 0 Å². The molecule has 0 bridgehead atoms. The fourth-order valence-electron chi connectivity index (χ4n) is 2.43. The number of unbranched alkanes of at least 4 members (excludes halogenated alkanes) is 7.